The molecule has 0 unspecified atom stereocenters. The van der Waals surface area contributed by atoms with Crippen LogP contribution in [0.1, 0.15) is 29.2 Å². The lowest BCUT2D eigenvalue weighted by atomic mass is 10.2. The fraction of sp³-hybridized carbons (Fsp3) is 0.174. The maximum atomic E-state index is 13.0. The van der Waals surface area contributed by atoms with Crippen molar-refractivity contribution < 1.29 is 4.79 Å². The largest absolute Gasteiger partial charge is 0.384 e. The Kier molecular flexibility index (Phi) is 5.84. The highest BCUT2D eigenvalue weighted by atomic mass is 35.5. The summed E-state index contributed by atoms with van der Waals surface area (Å²) in [4.78, 5) is 39.8. The van der Waals surface area contributed by atoms with Gasteiger partial charge in [-0.3, -0.25) is 23.7 Å². The number of carbonyl (C=O) groups is 1. The van der Waals surface area contributed by atoms with Crippen LogP contribution in [0.3, 0.4) is 0 Å². The molecule has 2 heterocycles. The molecule has 0 spiro atoms. The van der Waals surface area contributed by atoms with E-state index in [1.165, 1.54) is 4.57 Å². The van der Waals surface area contributed by atoms with Crippen LogP contribution in [0.25, 0.3) is 17.1 Å². The van der Waals surface area contributed by atoms with E-state index in [1.54, 1.807) is 12.1 Å². The summed E-state index contributed by atoms with van der Waals surface area (Å²) in [6.07, 6.45) is 1.57. The Labute approximate surface area is 202 Å². The summed E-state index contributed by atoms with van der Waals surface area (Å²) in [5.41, 5.74) is 6.11. The van der Waals surface area contributed by atoms with Crippen LogP contribution < -0.4 is 17.0 Å². The van der Waals surface area contributed by atoms with Crippen LogP contribution >= 0.6 is 23.4 Å². The Hall–Kier alpha value is -3.63. The lowest BCUT2D eigenvalue weighted by Crippen LogP contribution is -2.36. The molecule has 34 heavy (non-hydrogen) atoms. The number of carbonyl (C=O) groups excluding carboxylic acids is 1. The van der Waals surface area contributed by atoms with Gasteiger partial charge in [-0.1, -0.05) is 41.6 Å². The zero-order chi connectivity index (χ0) is 23.8. The van der Waals surface area contributed by atoms with E-state index >= 15 is 0 Å². The van der Waals surface area contributed by atoms with E-state index in [9.17, 15) is 14.4 Å². The number of para-hydroxylation sites is 1. The average Bonchev–Trinajstić information content (AvgIpc) is 3.56. The molecule has 3 N–H and O–H groups in total. The molecular weight excluding hydrogens is 476 g/mol. The molecule has 0 bridgehead atoms. The number of aromatic nitrogens is 5. The summed E-state index contributed by atoms with van der Waals surface area (Å²) in [6.45, 7) is 0. The molecule has 11 heteroatoms. The highest BCUT2D eigenvalue weighted by Gasteiger charge is 2.30. The third-order valence-electron chi connectivity index (χ3n) is 5.46. The number of aromatic amines is 1. The van der Waals surface area contributed by atoms with Crippen molar-refractivity contribution in [3.63, 3.8) is 0 Å². The smallest absolute Gasteiger partial charge is 0.330 e. The summed E-state index contributed by atoms with van der Waals surface area (Å²) >= 11 is 7.16. The molecule has 1 aliphatic rings. The minimum Gasteiger partial charge on any atom is -0.384 e. The number of rotatable bonds is 7. The van der Waals surface area contributed by atoms with Gasteiger partial charge in [0.2, 0.25) is 0 Å². The lowest BCUT2D eigenvalue weighted by Gasteiger charge is -2.12. The summed E-state index contributed by atoms with van der Waals surface area (Å²) < 4.78 is 3.13. The van der Waals surface area contributed by atoms with Crippen molar-refractivity contribution in [2.45, 2.75) is 24.0 Å². The van der Waals surface area contributed by atoms with E-state index in [0.29, 0.717) is 16.0 Å². The Morgan fingerprint density at radius 2 is 1.79 bits per heavy atom. The molecular formula is C23H19ClN6O3S. The molecule has 0 amide bonds. The molecule has 0 atom stereocenters. The highest BCUT2D eigenvalue weighted by molar-refractivity contribution is 7.99. The molecule has 2 aromatic heterocycles. The van der Waals surface area contributed by atoms with E-state index in [0.717, 1.165) is 35.9 Å². The Balaban J connectivity index is 1.48. The minimum atomic E-state index is -0.781. The Morgan fingerprint density at radius 3 is 2.47 bits per heavy atom. The summed E-state index contributed by atoms with van der Waals surface area (Å²) in [5, 5.41) is 9.69. The van der Waals surface area contributed by atoms with Gasteiger partial charge in [0.05, 0.1) is 5.75 Å². The molecule has 0 radical (unpaired) electrons. The normalized spacial score (nSPS) is 13.2. The van der Waals surface area contributed by atoms with Crippen LogP contribution in [0.2, 0.25) is 5.02 Å². The first kappa shape index (κ1) is 22.2. The summed E-state index contributed by atoms with van der Waals surface area (Å²) in [5.74, 6) is -0.110. The Morgan fingerprint density at radius 1 is 1.09 bits per heavy atom. The van der Waals surface area contributed by atoms with Gasteiger partial charge in [0.25, 0.3) is 5.56 Å². The van der Waals surface area contributed by atoms with Crippen LogP contribution in [-0.2, 0) is 0 Å². The predicted octanol–water partition coefficient (Wildman–Crippen LogP) is 3.33. The maximum absolute atomic E-state index is 13.0. The first-order chi connectivity index (χ1) is 16.4. The topological polar surface area (TPSA) is 129 Å². The fourth-order valence-electron chi connectivity index (χ4n) is 3.69. The first-order valence-corrected chi connectivity index (χ1v) is 11.9. The third-order valence-corrected chi connectivity index (χ3v) is 6.64. The van der Waals surface area contributed by atoms with Gasteiger partial charge < -0.3 is 5.73 Å². The quantitative estimate of drug-likeness (QED) is 0.298. The Bertz CT molecular complexity index is 1490. The number of nitrogen functional groups attached to an aromatic ring is 1. The molecule has 0 aliphatic heterocycles. The van der Waals surface area contributed by atoms with E-state index in [2.05, 4.69) is 15.2 Å². The number of ketones is 1. The highest BCUT2D eigenvalue weighted by Crippen LogP contribution is 2.35. The van der Waals surface area contributed by atoms with Crippen molar-refractivity contribution in [1.29, 1.82) is 0 Å². The lowest BCUT2D eigenvalue weighted by molar-refractivity contribution is 0.102. The SMILES string of the molecule is Nc1c(C(=O)CSc2nnc(-c3ccc(Cl)cc3)n2-c2ccccc2)c(=O)[nH]c(=O)n1C1CC1. The average molecular weight is 495 g/mol. The van der Waals surface area contributed by atoms with E-state index in [1.807, 2.05) is 47.0 Å². The number of anilines is 1. The fourth-order valence-corrected chi connectivity index (χ4v) is 4.64. The number of nitrogens with two attached hydrogens (primary N) is 1. The third kappa shape index (κ3) is 4.17. The molecule has 1 aliphatic carbocycles. The van der Waals surface area contributed by atoms with Gasteiger partial charge in [-0.25, -0.2) is 4.79 Å². The summed E-state index contributed by atoms with van der Waals surface area (Å²) in [6, 6.07) is 16.6. The second-order valence-electron chi connectivity index (χ2n) is 7.82. The molecule has 172 valence electrons. The molecule has 0 saturated heterocycles. The van der Waals surface area contributed by atoms with Crippen molar-refractivity contribution in [2.24, 2.45) is 0 Å². The zero-order valence-electron chi connectivity index (χ0n) is 17.8. The summed E-state index contributed by atoms with van der Waals surface area (Å²) in [7, 11) is 0. The van der Waals surface area contributed by atoms with Crippen LogP contribution in [-0.4, -0.2) is 35.9 Å². The molecule has 5 rings (SSSR count). The van der Waals surface area contributed by atoms with Gasteiger partial charge in [-0.2, -0.15) is 0 Å². The van der Waals surface area contributed by atoms with Crippen LogP contribution in [0, 0.1) is 0 Å². The van der Waals surface area contributed by atoms with Crippen molar-refractivity contribution in [2.75, 3.05) is 11.5 Å². The number of nitrogens with one attached hydrogen (secondary N) is 1. The van der Waals surface area contributed by atoms with Crippen LogP contribution in [0.4, 0.5) is 5.82 Å². The van der Waals surface area contributed by atoms with Crippen molar-refractivity contribution in [3.05, 3.63) is 86.0 Å². The minimum absolute atomic E-state index is 0.0772. The second kappa shape index (κ2) is 8.96. The number of hydrogen-bond acceptors (Lipinski definition) is 7. The maximum Gasteiger partial charge on any atom is 0.330 e. The number of nitrogens with zero attached hydrogens (tertiary/aromatic N) is 4. The monoisotopic (exact) mass is 494 g/mol. The zero-order valence-corrected chi connectivity index (χ0v) is 19.3. The van der Waals surface area contributed by atoms with Crippen LogP contribution in [0.5, 0.6) is 0 Å². The molecule has 4 aromatic rings. The second-order valence-corrected chi connectivity index (χ2v) is 9.20. The van der Waals surface area contributed by atoms with Gasteiger partial charge >= 0.3 is 5.69 Å². The van der Waals surface area contributed by atoms with Crippen molar-refractivity contribution >= 4 is 35.0 Å². The number of H-pyrrole nitrogens is 1. The van der Waals surface area contributed by atoms with Gasteiger partial charge in [0.15, 0.2) is 16.8 Å². The van der Waals surface area contributed by atoms with Crippen molar-refractivity contribution in [3.8, 4) is 17.1 Å². The number of halogens is 1. The molecule has 1 saturated carbocycles. The van der Waals surface area contributed by atoms with Gasteiger partial charge in [-0.15, -0.1) is 10.2 Å². The van der Waals surface area contributed by atoms with E-state index < -0.39 is 17.0 Å². The van der Waals surface area contributed by atoms with Gasteiger partial charge in [0.1, 0.15) is 11.4 Å². The molecule has 1 fully saturated rings. The van der Waals surface area contributed by atoms with Gasteiger partial charge in [-0.05, 0) is 49.2 Å². The van der Waals surface area contributed by atoms with E-state index in [-0.39, 0.29) is 23.2 Å². The van der Waals surface area contributed by atoms with E-state index in [4.69, 9.17) is 17.3 Å². The van der Waals surface area contributed by atoms with Crippen LogP contribution in [0.15, 0.2) is 69.3 Å². The number of hydrogen-bond donors (Lipinski definition) is 2. The predicted molar refractivity (Wildman–Crippen MR) is 131 cm³/mol. The number of thioether (sulfide) groups is 1. The van der Waals surface area contributed by atoms with Crippen molar-refractivity contribution in [1.82, 2.24) is 24.3 Å². The number of Topliss-reactive ketones (excluding diaryl/α,β-unsaturated/α-hetero) is 1. The molecule has 2 aromatic carbocycles. The standard InChI is InChI=1S/C23H19ClN6O3S/c24-14-8-6-13(7-9-14)20-27-28-23(30(20)15-4-2-1-3-5-15)34-12-17(31)18-19(25)29(16-10-11-16)22(33)26-21(18)32/h1-9,16H,10-12,25H2,(H,26,32,33). The molecule has 9 nitrogen and oxygen atoms in total. The first-order valence-electron chi connectivity index (χ1n) is 10.5. The van der Waals surface area contributed by atoms with Gasteiger partial charge in [0, 0.05) is 22.3 Å². The number of benzene rings is 2.